The molecule has 1 aromatic rings. The number of aryl methyl sites for hydroxylation is 1. The van der Waals surface area contributed by atoms with Crippen molar-refractivity contribution in [1.82, 2.24) is 0 Å². The summed E-state index contributed by atoms with van der Waals surface area (Å²) in [6.45, 7) is 3.50. The number of aromatic hydroxyl groups is 1. The minimum atomic E-state index is -0.498. The number of benzene rings is 1. The Morgan fingerprint density at radius 1 is 1.50 bits per heavy atom. The molecule has 3 heteroatoms. The van der Waals surface area contributed by atoms with Gasteiger partial charge in [0.25, 0.3) is 0 Å². The molecular formula is C15H20O3. The Hall–Kier alpha value is -1.35. The fourth-order valence-electron chi connectivity index (χ4n) is 2.83. The van der Waals surface area contributed by atoms with Crippen molar-refractivity contribution in [3.05, 3.63) is 28.3 Å². The minimum absolute atomic E-state index is 0.0732. The summed E-state index contributed by atoms with van der Waals surface area (Å²) in [4.78, 5) is 11.6. The molecule has 18 heavy (non-hydrogen) atoms. The molecule has 0 saturated heterocycles. The number of carbonyl (C=O) groups excluding carboxylic acids is 1. The molecule has 1 aliphatic carbocycles. The van der Waals surface area contributed by atoms with Crippen molar-refractivity contribution in [2.45, 2.75) is 52.1 Å². The van der Waals surface area contributed by atoms with Gasteiger partial charge < -0.3 is 10.2 Å². The zero-order valence-electron chi connectivity index (χ0n) is 11.0. The number of hydrogen-bond donors (Lipinski definition) is 2. The largest absolute Gasteiger partial charge is 0.507 e. The second-order valence-electron chi connectivity index (χ2n) is 5.04. The number of aliphatic hydroxyl groups excluding tert-OH is 1. The van der Waals surface area contributed by atoms with Gasteiger partial charge in [0.1, 0.15) is 5.75 Å². The third-order valence-electron chi connectivity index (χ3n) is 3.67. The van der Waals surface area contributed by atoms with E-state index in [-0.39, 0.29) is 11.5 Å². The Balaban J connectivity index is 2.65. The van der Waals surface area contributed by atoms with Gasteiger partial charge in [-0.2, -0.15) is 0 Å². The van der Waals surface area contributed by atoms with Crippen LogP contribution in [-0.4, -0.2) is 16.0 Å². The highest BCUT2D eigenvalue weighted by molar-refractivity contribution is 5.97. The maximum atomic E-state index is 11.6. The third kappa shape index (κ3) is 2.15. The molecule has 0 aliphatic heterocycles. The molecule has 0 radical (unpaired) electrons. The lowest BCUT2D eigenvalue weighted by molar-refractivity contribution is 0.101. The van der Waals surface area contributed by atoms with Crippen LogP contribution in [-0.2, 0) is 12.8 Å². The summed E-state index contributed by atoms with van der Waals surface area (Å²) in [5.41, 5.74) is 3.06. The van der Waals surface area contributed by atoms with Gasteiger partial charge in [-0.1, -0.05) is 13.3 Å². The molecule has 3 nitrogen and oxygen atoms in total. The molecule has 0 aromatic heterocycles. The number of rotatable bonds is 3. The first-order valence-corrected chi connectivity index (χ1v) is 6.62. The van der Waals surface area contributed by atoms with Crippen molar-refractivity contribution in [1.29, 1.82) is 0 Å². The van der Waals surface area contributed by atoms with E-state index in [0.717, 1.165) is 42.4 Å². The average molecular weight is 248 g/mol. The van der Waals surface area contributed by atoms with Crippen molar-refractivity contribution in [3.63, 3.8) is 0 Å². The van der Waals surface area contributed by atoms with E-state index >= 15 is 0 Å². The number of Topliss-reactive ketones (excluding diaryl/α,β-unsaturated/α-hetero) is 1. The number of ketones is 1. The van der Waals surface area contributed by atoms with Gasteiger partial charge in [-0.05, 0) is 49.8 Å². The highest BCUT2D eigenvalue weighted by Crippen LogP contribution is 2.39. The second-order valence-corrected chi connectivity index (χ2v) is 5.04. The first-order valence-electron chi connectivity index (χ1n) is 6.62. The molecule has 1 aliphatic rings. The van der Waals surface area contributed by atoms with Gasteiger partial charge in [0.15, 0.2) is 5.78 Å². The van der Waals surface area contributed by atoms with Gasteiger partial charge in [0.05, 0.1) is 11.7 Å². The van der Waals surface area contributed by atoms with Crippen LogP contribution in [0, 0.1) is 0 Å². The molecule has 0 amide bonds. The summed E-state index contributed by atoms with van der Waals surface area (Å²) in [5, 5.41) is 20.4. The SMILES string of the molecule is CCCc1c(O)c(C(C)=O)cc2c1C(O)CCC2. The van der Waals surface area contributed by atoms with E-state index in [4.69, 9.17) is 0 Å². The lowest BCUT2D eigenvalue weighted by atomic mass is 9.82. The number of hydrogen-bond acceptors (Lipinski definition) is 3. The van der Waals surface area contributed by atoms with E-state index in [1.54, 1.807) is 6.07 Å². The summed E-state index contributed by atoms with van der Waals surface area (Å²) >= 11 is 0. The Morgan fingerprint density at radius 2 is 2.22 bits per heavy atom. The van der Waals surface area contributed by atoms with Gasteiger partial charge >= 0.3 is 0 Å². The topological polar surface area (TPSA) is 57.5 Å². The fourth-order valence-corrected chi connectivity index (χ4v) is 2.83. The van der Waals surface area contributed by atoms with E-state index in [0.29, 0.717) is 12.0 Å². The molecule has 0 spiro atoms. The molecular weight excluding hydrogens is 228 g/mol. The molecule has 1 aromatic carbocycles. The molecule has 98 valence electrons. The van der Waals surface area contributed by atoms with Gasteiger partial charge in [0, 0.05) is 5.56 Å². The maximum Gasteiger partial charge on any atom is 0.163 e. The van der Waals surface area contributed by atoms with Gasteiger partial charge in [-0.25, -0.2) is 0 Å². The van der Waals surface area contributed by atoms with Crippen molar-refractivity contribution >= 4 is 5.78 Å². The smallest absolute Gasteiger partial charge is 0.163 e. The molecule has 0 heterocycles. The van der Waals surface area contributed by atoms with Gasteiger partial charge in [-0.3, -0.25) is 4.79 Å². The Kier molecular flexibility index (Phi) is 3.71. The van der Waals surface area contributed by atoms with Crippen molar-refractivity contribution < 1.29 is 15.0 Å². The Morgan fingerprint density at radius 3 is 2.83 bits per heavy atom. The van der Waals surface area contributed by atoms with E-state index in [1.807, 2.05) is 6.92 Å². The first kappa shape index (κ1) is 13.1. The number of aliphatic hydroxyl groups is 1. The fraction of sp³-hybridized carbons (Fsp3) is 0.533. The van der Waals surface area contributed by atoms with Crippen LogP contribution in [0.5, 0.6) is 5.75 Å². The van der Waals surface area contributed by atoms with Gasteiger partial charge in [-0.15, -0.1) is 0 Å². The zero-order chi connectivity index (χ0) is 13.3. The second kappa shape index (κ2) is 5.11. The average Bonchev–Trinajstić information content (AvgIpc) is 2.32. The van der Waals surface area contributed by atoms with Crippen LogP contribution in [0.2, 0.25) is 0 Å². The standard InChI is InChI=1S/C15H20O3/c1-3-5-11-14-10(6-4-7-13(14)17)8-12(9(2)16)15(11)18/h8,13,17-18H,3-7H2,1-2H3. The van der Waals surface area contributed by atoms with Crippen molar-refractivity contribution in [3.8, 4) is 5.75 Å². The summed E-state index contributed by atoms with van der Waals surface area (Å²) in [6, 6.07) is 1.76. The number of carbonyl (C=O) groups is 1. The molecule has 0 fully saturated rings. The van der Waals surface area contributed by atoms with Crippen molar-refractivity contribution in [2.24, 2.45) is 0 Å². The van der Waals surface area contributed by atoms with Crippen LogP contribution in [0.3, 0.4) is 0 Å². The van der Waals surface area contributed by atoms with E-state index in [1.165, 1.54) is 6.92 Å². The normalized spacial score (nSPS) is 18.5. The number of fused-ring (bicyclic) bond motifs is 1. The quantitative estimate of drug-likeness (QED) is 0.809. The van der Waals surface area contributed by atoms with Crippen LogP contribution >= 0.6 is 0 Å². The minimum Gasteiger partial charge on any atom is -0.507 e. The Bertz CT molecular complexity index is 477. The van der Waals surface area contributed by atoms with E-state index in [9.17, 15) is 15.0 Å². The monoisotopic (exact) mass is 248 g/mol. The highest BCUT2D eigenvalue weighted by Gasteiger charge is 2.26. The summed E-state index contributed by atoms with van der Waals surface area (Å²) in [7, 11) is 0. The highest BCUT2D eigenvalue weighted by atomic mass is 16.3. The summed E-state index contributed by atoms with van der Waals surface area (Å²) in [5.74, 6) is -0.0447. The maximum absolute atomic E-state index is 11.6. The number of phenolic OH excluding ortho intramolecular Hbond substituents is 1. The molecule has 1 unspecified atom stereocenters. The number of phenols is 1. The summed E-state index contributed by atoms with van der Waals surface area (Å²) < 4.78 is 0. The summed E-state index contributed by atoms with van der Waals surface area (Å²) in [6.07, 6.45) is 3.64. The van der Waals surface area contributed by atoms with Crippen LogP contribution in [0.15, 0.2) is 6.07 Å². The van der Waals surface area contributed by atoms with Crippen LogP contribution < -0.4 is 0 Å². The Labute approximate surface area is 107 Å². The van der Waals surface area contributed by atoms with Crippen LogP contribution in [0.4, 0.5) is 0 Å². The lowest BCUT2D eigenvalue weighted by Crippen LogP contribution is -2.14. The molecule has 2 N–H and O–H groups in total. The van der Waals surface area contributed by atoms with Crippen LogP contribution in [0.1, 0.15) is 66.3 Å². The zero-order valence-corrected chi connectivity index (χ0v) is 11.0. The van der Waals surface area contributed by atoms with Gasteiger partial charge in [0.2, 0.25) is 0 Å². The predicted molar refractivity (Wildman–Crippen MR) is 70.0 cm³/mol. The lowest BCUT2D eigenvalue weighted by Gasteiger charge is -2.26. The predicted octanol–water partition coefficient (Wildman–Crippen LogP) is 2.92. The first-order chi connectivity index (χ1) is 8.56. The molecule has 0 saturated carbocycles. The molecule has 0 bridgehead atoms. The van der Waals surface area contributed by atoms with Crippen LogP contribution in [0.25, 0.3) is 0 Å². The van der Waals surface area contributed by atoms with E-state index < -0.39 is 6.10 Å². The van der Waals surface area contributed by atoms with Crippen molar-refractivity contribution in [2.75, 3.05) is 0 Å². The molecule has 1 atom stereocenters. The third-order valence-corrected chi connectivity index (χ3v) is 3.67. The molecule has 2 rings (SSSR count). The van der Waals surface area contributed by atoms with E-state index in [2.05, 4.69) is 0 Å².